The minimum Gasteiger partial charge on any atom is -0.337 e. The van der Waals surface area contributed by atoms with Crippen LogP contribution in [0.3, 0.4) is 0 Å². The molecule has 2 heterocycles. The van der Waals surface area contributed by atoms with E-state index in [1.54, 1.807) is 0 Å². The van der Waals surface area contributed by atoms with Gasteiger partial charge < -0.3 is 26.2 Å². The maximum atomic E-state index is 12.5. The molecule has 0 bridgehead atoms. The number of hydrogen-bond donors (Lipinski definition) is 4. The summed E-state index contributed by atoms with van der Waals surface area (Å²) in [5, 5.41) is 13.0. The molecule has 1 aliphatic heterocycles. The van der Waals surface area contributed by atoms with E-state index in [0.29, 0.717) is 12.5 Å². The van der Waals surface area contributed by atoms with Crippen LogP contribution >= 0.6 is 0 Å². The van der Waals surface area contributed by atoms with Crippen LogP contribution in [0.25, 0.3) is 10.9 Å². The van der Waals surface area contributed by atoms with E-state index in [1.165, 1.54) is 0 Å². The molecular formula is C28H36N6O2. The normalized spacial score (nSPS) is 14.6. The van der Waals surface area contributed by atoms with Crippen molar-refractivity contribution in [3.8, 4) is 0 Å². The molecule has 0 unspecified atom stereocenters. The third-order valence-electron chi connectivity index (χ3n) is 6.56. The molecule has 4 amide bonds. The van der Waals surface area contributed by atoms with E-state index in [4.69, 9.17) is 0 Å². The first-order valence-electron chi connectivity index (χ1n) is 12.7. The number of pyridine rings is 1. The fraction of sp³-hybridized carbons (Fsp3) is 0.393. The van der Waals surface area contributed by atoms with Crippen molar-refractivity contribution in [1.29, 1.82) is 0 Å². The Labute approximate surface area is 212 Å². The molecule has 1 aromatic heterocycles. The molecule has 8 heteroatoms. The lowest BCUT2D eigenvalue weighted by Gasteiger charge is -2.32. The van der Waals surface area contributed by atoms with Crippen LogP contribution in [0.15, 0.2) is 54.6 Å². The maximum Gasteiger partial charge on any atom is 0.319 e. The predicted molar refractivity (Wildman–Crippen MR) is 146 cm³/mol. The van der Waals surface area contributed by atoms with Crippen LogP contribution in [0.5, 0.6) is 0 Å². The number of hydrogen-bond acceptors (Lipinski definition) is 4. The van der Waals surface area contributed by atoms with Gasteiger partial charge in [-0.25, -0.2) is 9.59 Å². The summed E-state index contributed by atoms with van der Waals surface area (Å²) in [7, 11) is 0. The van der Waals surface area contributed by atoms with Gasteiger partial charge in [-0.1, -0.05) is 50.2 Å². The van der Waals surface area contributed by atoms with E-state index in [9.17, 15) is 9.59 Å². The van der Waals surface area contributed by atoms with Crippen molar-refractivity contribution in [1.82, 2.24) is 20.5 Å². The number of likely N-dealkylation sites (tertiary alicyclic amines) is 1. The molecule has 4 N–H and O–H groups in total. The third-order valence-corrected chi connectivity index (χ3v) is 6.56. The number of amides is 4. The van der Waals surface area contributed by atoms with Gasteiger partial charge in [0.15, 0.2) is 0 Å². The van der Waals surface area contributed by atoms with Crippen molar-refractivity contribution >= 4 is 34.3 Å². The van der Waals surface area contributed by atoms with E-state index in [0.717, 1.165) is 66.0 Å². The second-order valence-corrected chi connectivity index (χ2v) is 9.67. The van der Waals surface area contributed by atoms with E-state index in [2.05, 4.69) is 45.0 Å². The number of para-hydroxylation sites is 2. The molecule has 1 aliphatic rings. The number of anilines is 2. The van der Waals surface area contributed by atoms with Crippen molar-refractivity contribution in [3.63, 3.8) is 0 Å². The van der Waals surface area contributed by atoms with Crippen LogP contribution < -0.4 is 21.3 Å². The van der Waals surface area contributed by atoms with E-state index >= 15 is 0 Å². The summed E-state index contributed by atoms with van der Waals surface area (Å²) in [6.45, 7) is 9.24. The van der Waals surface area contributed by atoms with Gasteiger partial charge >= 0.3 is 12.1 Å². The second kappa shape index (κ2) is 11.9. The summed E-state index contributed by atoms with van der Waals surface area (Å²) in [6.07, 6.45) is 1.77. The molecular weight excluding hydrogens is 452 g/mol. The lowest BCUT2D eigenvalue weighted by atomic mass is 10.0. The smallest absolute Gasteiger partial charge is 0.319 e. The number of benzene rings is 2. The summed E-state index contributed by atoms with van der Waals surface area (Å²) in [5.74, 6) is 0.341. The molecule has 8 nitrogen and oxygen atoms in total. The highest BCUT2D eigenvalue weighted by Crippen LogP contribution is 2.24. The van der Waals surface area contributed by atoms with Crippen LogP contribution in [0.1, 0.15) is 43.9 Å². The molecule has 2 aromatic carbocycles. The van der Waals surface area contributed by atoms with Gasteiger partial charge in [-0.05, 0) is 49.4 Å². The number of fused-ring (bicyclic) bond motifs is 1. The fourth-order valence-electron chi connectivity index (χ4n) is 4.66. The summed E-state index contributed by atoms with van der Waals surface area (Å²) < 4.78 is 0. The molecule has 1 fully saturated rings. The van der Waals surface area contributed by atoms with Crippen molar-refractivity contribution in [2.45, 2.75) is 45.6 Å². The SMILES string of the molecule is Cc1cc(NC(=O)NCCN2CCC(NC(=O)Nc3ccccc3C(C)C)CC2)c2ccccc2n1. The predicted octanol–water partition coefficient (Wildman–Crippen LogP) is 5.07. The van der Waals surface area contributed by atoms with Crippen molar-refractivity contribution in [3.05, 3.63) is 65.9 Å². The first-order valence-corrected chi connectivity index (χ1v) is 12.7. The van der Waals surface area contributed by atoms with Gasteiger partial charge in [0, 0.05) is 49.0 Å². The van der Waals surface area contributed by atoms with Crippen LogP contribution in [0.2, 0.25) is 0 Å². The lowest BCUT2D eigenvalue weighted by molar-refractivity contribution is 0.196. The molecule has 0 radical (unpaired) electrons. The highest BCUT2D eigenvalue weighted by Gasteiger charge is 2.21. The third kappa shape index (κ3) is 6.73. The number of aryl methyl sites for hydroxylation is 1. The average molecular weight is 489 g/mol. The number of rotatable bonds is 7. The van der Waals surface area contributed by atoms with Crippen molar-refractivity contribution in [2.24, 2.45) is 0 Å². The molecule has 190 valence electrons. The number of piperidine rings is 1. The minimum atomic E-state index is -0.222. The first-order chi connectivity index (χ1) is 17.4. The van der Waals surface area contributed by atoms with Gasteiger partial charge in [0.25, 0.3) is 0 Å². The molecule has 4 rings (SSSR count). The largest absolute Gasteiger partial charge is 0.337 e. The Bertz CT molecular complexity index is 1200. The number of nitrogens with zero attached hydrogens (tertiary/aromatic N) is 2. The van der Waals surface area contributed by atoms with Gasteiger partial charge in [0.1, 0.15) is 0 Å². The first kappa shape index (κ1) is 25.4. The molecule has 36 heavy (non-hydrogen) atoms. The zero-order valence-corrected chi connectivity index (χ0v) is 21.3. The maximum absolute atomic E-state index is 12.5. The van der Waals surface area contributed by atoms with Crippen LogP contribution in [-0.4, -0.2) is 54.2 Å². The lowest BCUT2D eigenvalue weighted by Crippen LogP contribution is -2.47. The van der Waals surface area contributed by atoms with E-state index in [-0.39, 0.29) is 18.1 Å². The Kier molecular flexibility index (Phi) is 8.38. The zero-order valence-electron chi connectivity index (χ0n) is 21.3. The summed E-state index contributed by atoms with van der Waals surface area (Å²) in [4.78, 5) is 31.9. The Morgan fingerprint density at radius 3 is 2.44 bits per heavy atom. The standard InChI is InChI=1S/C28H36N6O2/c1-19(2)22-8-4-6-10-24(22)32-28(36)31-21-12-15-34(16-13-21)17-14-29-27(35)33-26-18-20(3)30-25-11-7-5-9-23(25)26/h4-11,18-19,21H,12-17H2,1-3H3,(H2,31,32,36)(H2,29,30,33,35). The molecule has 3 aromatic rings. The van der Waals surface area contributed by atoms with Crippen LogP contribution in [0, 0.1) is 6.92 Å². The van der Waals surface area contributed by atoms with E-state index in [1.807, 2.05) is 61.5 Å². The second-order valence-electron chi connectivity index (χ2n) is 9.67. The van der Waals surface area contributed by atoms with Gasteiger partial charge in [0.2, 0.25) is 0 Å². The highest BCUT2D eigenvalue weighted by molar-refractivity contribution is 6.00. The van der Waals surface area contributed by atoms with Crippen molar-refractivity contribution < 1.29 is 9.59 Å². The van der Waals surface area contributed by atoms with Crippen LogP contribution in [-0.2, 0) is 0 Å². The van der Waals surface area contributed by atoms with Gasteiger partial charge in [-0.3, -0.25) is 4.98 Å². The number of carbonyl (C=O) groups excluding carboxylic acids is 2. The minimum absolute atomic E-state index is 0.145. The van der Waals surface area contributed by atoms with Crippen molar-refractivity contribution in [2.75, 3.05) is 36.8 Å². The highest BCUT2D eigenvalue weighted by atomic mass is 16.2. The van der Waals surface area contributed by atoms with Gasteiger partial charge in [-0.15, -0.1) is 0 Å². The zero-order chi connectivity index (χ0) is 25.5. The van der Waals surface area contributed by atoms with Gasteiger partial charge in [0.05, 0.1) is 11.2 Å². The summed E-state index contributed by atoms with van der Waals surface area (Å²) >= 11 is 0. The molecule has 0 spiro atoms. The fourth-order valence-corrected chi connectivity index (χ4v) is 4.66. The quantitative estimate of drug-likeness (QED) is 0.373. The Hall–Kier alpha value is -3.65. The molecule has 0 atom stereocenters. The Balaban J connectivity index is 1.17. The van der Waals surface area contributed by atoms with E-state index < -0.39 is 0 Å². The molecule has 1 saturated heterocycles. The average Bonchev–Trinajstić information content (AvgIpc) is 2.85. The monoisotopic (exact) mass is 488 g/mol. The molecule has 0 aliphatic carbocycles. The number of aromatic nitrogens is 1. The number of carbonyl (C=O) groups is 2. The Morgan fingerprint density at radius 1 is 0.972 bits per heavy atom. The molecule has 0 saturated carbocycles. The van der Waals surface area contributed by atoms with Gasteiger partial charge in [-0.2, -0.15) is 0 Å². The topological polar surface area (TPSA) is 98.4 Å². The Morgan fingerprint density at radius 2 is 1.67 bits per heavy atom. The number of nitrogens with one attached hydrogen (secondary N) is 4. The summed E-state index contributed by atoms with van der Waals surface area (Å²) in [6, 6.07) is 17.4. The number of urea groups is 2. The summed E-state index contributed by atoms with van der Waals surface area (Å²) in [5.41, 5.74) is 4.48. The van der Waals surface area contributed by atoms with Crippen LogP contribution in [0.4, 0.5) is 21.0 Å².